The van der Waals surface area contributed by atoms with E-state index in [9.17, 15) is 14.7 Å². The van der Waals surface area contributed by atoms with Crippen molar-refractivity contribution >= 4 is 16.9 Å². The van der Waals surface area contributed by atoms with Gasteiger partial charge in [-0.1, -0.05) is 60.7 Å². The molecular weight excluding hydrogens is 394 g/mol. The zero-order valence-corrected chi connectivity index (χ0v) is 16.7. The van der Waals surface area contributed by atoms with Gasteiger partial charge in [0, 0.05) is 11.9 Å². The number of para-hydroxylation sites is 1. The molecular formula is C25H21NO5. The third-order valence-corrected chi connectivity index (χ3v) is 4.85. The van der Waals surface area contributed by atoms with E-state index in [0.29, 0.717) is 22.5 Å². The van der Waals surface area contributed by atoms with Crippen LogP contribution in [0.3, 0.4) is 0 Å². The van der Waals surface area contributed by atoms with Crippen LogP contribution in [0.15, 0.2) is 94.1 Å². The second kappa shape index (κ2) is 9.28. The Morgan fingerprint density at radius 3 is 2.45 bits per heavy atom. The molecule has 31 heavy (non-hydrogen) atoms. The predicted octanol–water partition coefficient (Wildman–Crippen LogP) is 3.69. The Morgan fingerprint density at radius 1 is 0.968 bits per heavy atom. The lowest BCUT2D eigenvalue weighted by molar-refractivity contribution is -0.123. The van der Waals surface area contributed by atoms with E-state index in [0.717, 1.165) is 10.9 Å². The molecule has 0 fully saturated rings. The van der Waals surface area contributed by atoms with E-state index in [1.807, 2.05) is 36.4 Å². The van der Waals surface area contributed by atoms with Crippen LogP contribution in [-0.2, 0) is 4.79 Å². The minimum atomic E-state index is -0.780. The topological polar surface area (TPSA) is 88.8 Å². The van der Waals surface area contributed by atoms with E-state index in [1.54, 1.807) is 48.5 Å². The third kappa shape index (κ3) is 4.99. The van der Waals surface area contributed by atoms with Gasteiger partial charge in [0.15, 0.2) is 6.61 Å². The van der Waals surface area contributed by atoms with Crippen LogP contribution in [0.4, 0.5) is 0 Å². The Bertz CT molecular complexity index is 1230. The van der Waals surface area contributed by atoms with Gasteiger partial charge in [-0.3, -0.25) is 4.79 Å². The summed E-state index contributed by atoms with van der Waals surface area (Å²) in [7, 11) is 0. The number of nitrogens with one attached hydrogen (secondary N) is 1. The fourth-order valence-corrected chi connectivity index (χ4v) is 3.20. The molecule has 0 saturated carbocycles. The summed E-state index contributed by atoms with van der Waals surface area (Å²) in [4.78, 5) is 24.3. The number of amides is 1. The van der Waals surface area contributed by atoms with E-state index >= 15 is 0 Å². The van der Waals surface area contributed by atoms with Crippen molar-refractivity contribution in [3.8, 4) is 16.9 Å². The van der Waals surface area contributed by atoms with Crippen LogP contribution in [-0.4, -0.2) is 24.2 Å². The van der Waals surface area contributed by atoms with Gasteiger partial charge in [-0.2, -0.15) is 0 Å². The average molecular weight is 415 g/mol. The summed E-state index contributed by atoms with van der Waals surface area (Å²) in [5, 5.41) is 13.6. The summed E-state index contributed by atoms with van der Waals surface area (Å²) < 4.78 is 10.9. The highest BCUT2D eigenvalue weighted by atomic mass is 16.5. The predicted molar refractivity (Wildman–Crippen MR) is 118 cm³/mol. The Balaban J connectivity index is 1.34. The highest BCUT2D eigenvalue weighted by molar-refractivity contribution is 5.81. The van der Waals surface area contributed by atoms with Gasteiger partial charge in [-0.05, 0) is 35.4 Å². The van der Waals surface area contributed by atoms with Gasteiger partial charge in [-0.15, -0.1) is 0 Å². The molecule has 156 valence electrons. The van der Waals surface area contributed by atoms with E-state index in [1.165, 1.54) is 0 Å². The smallest absolute Gasteiger partial charge is 0.344 e. The van der Waals surface area contributed by atoms with Crippen molar-refractivity contribution in [3.63, 3.8) is 0 Å². The Kier molecular flexibility index (Phi) is 6.10. The van der Waals surface area contributed by atoms with Crippen LogP contribution in [0, 0.1) is 0 Å². The van der Waals surface area contributed by atoms with Crippen molar-refractivity contribution in [1.29, 1.82) is 0 Å². The standard InChI is InChI=1S/C25H21NO5/c27-22(18-6-2-1-3-7-18)15-26-24(28)16-30-20-12-10-17(11-13-20)21-14-19-8-4-5-9-23(19)31-25(21)29/h1-14,22,27H,15-16H2,(H,26,28)/t22-/m1/s1. The molecule has 4 aromatic rings. The van der Waals surface area contributed by atoms with Gasteiger partial charge in [0.2, 0.25) is 0 Å². The molecule has 6 nitrogen and oxygen atoms in total. The lowest BCUT2D eigenvalue weighted by Crippen LogP contribution is -2.32. The van der Waals surface area contributed by atoms with Crippen molar-refractivity contribution in [2.45, 2.75) is 6.10 Å². The van der Waals surface area contributed by atoms with E-state index in [2.05, 4.69) is 5.32 Å². The number of hydrogen-bond donors (Lipinski definition) is 2. The quantitative estimate of drug-likeness (QED) is 0.450. The van der Waals surface area contributed by atoms with Crippen molar-refractivity contribution in [2.75, 3.05) is 13.2 Å². The first-order valence-electron chi connectivity index (χ1n) is 9.86. The van der Waals surface area contributed by atoms with Gasteiger partial charge < -0.3 is 19.6 Å². The lowest BCUT2D eigenvalue weighted by Gasteiger charge is -2.12. The van der Waals surface area contributed by atoms with Crippen LogP contribution in [0.1, 0.15) is 11.7 Å². The van der Waals surface area contributed by atoms with Crippen molar-refractivity contribution in [2.24, 2.45) is 0 Å². The molecule has 0 unspecified atom stereocenters. The SMILES string of the molecule is O=C(COc1ccc(-c2cc3ccccc3oc2=O)cc1)NC[C@@H](O)c1ccccc1. The van der Waals surface area contributed by atoms with Gasteiger partial charge in [0.1, 0.15) is 11.3 Å². The highest BCUT2D eigenvalue weighted by Gasteiger charge is 2.11. The van der Waals surface area contributed by atoms with Crippen molar-refractivity contribution in [3.05, 3.63) is 101 Å². The maximum atomic E-state index is 12.3. The lowest BCUT2D eigenvalue weighted by atomic mass is 10.1. The summed E-state index contributed by atoms with van der Waals surface area (Å²) in [6.07, 6.45) is -0.780. The summed E-state index contributed by atoms with van der Waals surface area (Å²) in [5.74, 6) is 0.155. The minimum absolute atomic E-state index is 0.100. The normalized spacial score (nSPS) is 11.8. The third-order valence-electron chi connectivity index (χ3n) is 4.85. The van der Waals surface area contributed by atoms with Crippen LogP contribution in [0.2, 0.25) is 0 Å². The summed E-state index contributed by atoms with van der Waals surface area (Å²) in [5.41, 5.74) is 2.01. The van der Waals surface area contributed by atoms with Crippen LogP contribution >= 0.6 is 0 Å². The molecule has 0 aliphatic carbocycles. The first-order chi connectivity index (χ1) is 15.1. The Hall–Kier alpha value is -3.90. The number of rotatable bonds is 7. The molecule has 0 saturated heterocycles. The Morgan fingerprint density at radius 2 is 1.68 bits per heavy atom. The number of benzene rings is 3. The summed E-state index contributed by atoms with van der Waals surface area (Å²) >= 11 is 0. The molecule has 0 bridgehead atoms. The first-order valence-corrected chi connectivity index (χ1v) is 9.86. The molecule has 4 rings (SSSR count). The maximum absolute atomic E-state index is 12.3. The molecule has 0 aliphatic heterocycles. The van der Waals surface area contributed by atoms with Gasteiger partial charge in [0.05, 0.1) is 11.7 Å². The molecule has 0 radical (unpaired) electrons. The fourth-order valence-electron chi connectivity index (χ4n) is 3.20. The van der Waals surface area contributed by atoms with Gasteiger partial charge in [-0.25, -0.2) is 4.79 Å². The molecule has 0 spiro atoms. The van der Waals surface area contributed by atoms with Gasteiger partial charge >= 0.3 is 5.63 Å². The van der Waals surface area contributed by atoms with Crippen LogP contribution in [0.5, 0.6) is 5.75 Å². The molecule has 0 aliphatic rings. The number of fused-ring (bicyclic) bond motifs is 1. The zero-order valence-electron chi connectivity index (χ0n) is 16.7. The van der Waals surface area contributed by atoms with Gasteiger partial charge in [0.25, 0.3) is 5.91 Å². The molecule has 3 aromatic carbocycles. The average Bonchev–Trinajstić information content (AvgIpc) is 2.81. The highest BCUT2D eigenvalue weighted by Crippen LogP contribution is 2.23. The number of hydrogen-bond acceptors (Lipinski definition) is 5. The second-order valence-electron chi connectivity index (χ2n) is 7.03. The van der Waals surface area contributed by atoms with Crippen molar-refractivity contribution < 1.29 is 19.1 Å². The zero-order chi connectivity index (χ0) is 21.6. The van der Waals surface area contributed by atoms with Crippen LogP contribution in [0.25, 0.3) is 22.1 Å². The number of aliphatic hydroxyl groups excluding tert-OH is 1. The molecule has 1 atom stereocenters. The summed E-state index contributed by atoms with van der Waals surface area (Å²) in [6.45, 7) is -0.0815. The van der Waals surface area contributed by atoms with Crippen molar-refractivity contribution in [1.82, 2.24) is 5.32 Å². The fraction of sp³-hybridized carbons (Fsp3) is 0.120. The number of carbonyl (C=O) groups is 1. The molecule has 1 heterocycles. The largest absolute Gasteiger partial charge is 0.484 e. The molecule has 6 heteroatoms. The molecule has 1 amide bonds. The number of carbonyl (C=O) groups excluding carboxylic acids is 1. The summed E-state index contributed by atoms with van der Waals surface area (Å²) in [6, 6.07) is 25.1. The number of aliphatic hydroxyl groups is 1. The number of ether oxygens (including phenoxy) is 1. The first kappa shape index (κ1) is 20.4. The molecule has 2 N–H and O–H groups in total. The maximum Gasteiger partial charge on any atom is 0.344 e. The minimum Gasteiger partial charge on any atom is -0.484 e. The second-order valence-corrected chi connectivity index (χ2v) is 7.03. The molecule has 1 aromatic heterocycles. The van der Waals surface area contributed by atoms with E-state index < -0.39 is 11.7 Å². The van der Waals surface area contributed by atoms with E-state index in [4.69, 9.17) is 9.15 Å². The Labute approximate surface area is 178 Å². The van der Waals surface area contributed by atoms with Crippen LogP contribution < -0.4 is 15.7 Å². The monoisotopic (exact) mass is 415 g/mol. The van der Waals surface area contributed by atoms with E-state index in [-0.39, 0.29) is 19.1 Å².